The lowest BCUT2D eigenvalue weighted by Gasteiger charge is -2.04. The van der Waals surface area contributed by atoms with Gasteiger partial charge in [0.2, 0.25) is 10.8 Å². The third-order valence-corrected chi connectivity index (χ3v) is 7.10. The second-order valence-corrected chi connectivity index (χ2v) is 9.70. The van der Waals surface area contributed by atoms with Crippen molar-refractivity contribution in [2.24, 2.45) is 0 Å². The molecule has 0 spiro atoms. The molecule has 2 aromatic carbocycles. The first kappa shape index (κ1) is 20.8. The summed E-state index contributed by atoms with van der Waals surface area (Å²) >= 11 is 1.29. The van der Waals surface area contributed by atoms with Crippen LogP contribution in [0.3, 0.4) is 0 Å². The smallest absolute Gasteiger partial charge is 0.291 e. The lowest BCUT2D eigenvalue weighted by Crippen LogP contribution is -2.23. The van der Waals surface area contributed by atoms with Gasteiger partial charge >= 0.3 is 0 Å². The second-order valence-electron chi connectivity index (χ2n) is 8.69. The summed E-state index contributed by atoms with van der Waals surface area (Å²) in [6, 6.07) is 19.6. The fraction of sp³-hybridized carbons (Fsp3) is 0.111. The molecular weight excluding hydrogens is 474 g/mol. The molecule has 0 N–H and O–H groups in total. The lowest BCUT2D eigenvalue weighted by molar-refractivity contribution is 0.254. The summed E-state index contributed by atoms with van der Waals surface area (Å²) in [5.74, 6) is 1.83. The minimum Gasteiger partial charge on any atom is -0.490 e. The number of furan rings is 1. The summed E-state index contributed by atoms with van der Waals surface area (Å²) < 4.78 is 14.9. The minimum atomic E-state index is -0.227. The van der Waals surface area contributed by atoms with Gasteiger partial charge in [-0.25, -0.2) is 4.68 Å². The van der Waals surface area contributed by atoms with Crippen molar-refractivity contribution >= 4 is 22.4 Å². The van der Waals surface area contributed by atoms with Crippen LogP contribution in [-0.4, -0.2) is 30.5 Å². The van der Waals surface area contributed by atoms with Gasteiger partial charge in [0.1, 0.15) is 17.5 Å². The van der Waals surface area contributed by atoms with Crippen molar-refractivity contribution in [3.8, 4) is 34.3 Å². The molecule has 4 aromatic heterocycles. The van der Waals surface area contributed by atoms with Gasteiger partial charge in [-0.3, -0.25) is 4.79 Å². The summed E-state index contributed by atoms with van der Waals surface area (Å²) in [5.41, 5.74) is 4.46. The fourth-order valence-corrected chi connectivity index (χ4v) is 5.38. The molecule has 0 saturated heterocycles. The molecule has 0 bridgehead atoms. The molecule has 0 aliphatic carbocycles. The Hall–Kier alpha value is -4.50. The highest BCUT2D eigenvalue weighted by Crippen LogP contribution is 2.34. The van der Waals surface area contributed by atoms with E-state index in [1.165, 1.54) is 15.9 Å². The van der Waals surface area contributed by atoms with Crippen LogP contribution in [-0.2, 0) is 6.42 Å². The molecule has 0 saturated carbocycles. The summed E-state index contributed by atoms with van der Waals surface area (Å²) in [6.07, 6.45) is 6.38. The first-order valence-corrected chi connectivity index (χ1v) is 12.3. The molecule has 36 heavy (non-hydrogen) atoms. The van der Waals surface area contributed by atoms with Gasteiger partial charge in [0.05, 0.1) is 16.5 Å². The van der Waals surface area contributed by atoms with Crippen molar-refractivity contribution in [3.63, 3.8) is 0 Å². The van der Waals surface area contributed by atoms with Crippen molar-refractivity contribution in [1.29, 1.82) is 0 Å². The lowest BCUT2D eigenvalue weighted by atomic mass is 10.0. The van der Waals surface area contributed by atoms with E-state index in [1.54, 1.807) is 18.4 Å². The highest BCUT2D eigenvalue weighted by atomic mass is 32.1. The Morgan fingerprint density at radius 2 is 1.97 bits per heavy atom. The zero-order valence-electron chi connectivity index (χ0n) is 19.2. The first-order valence-electron chi connectivity index (χ1n) is 11.5. The summed E-state index contributed by atoms with van der Waals surface area (Å²) in [4.78, 5) is 18.2. The van der Waals surface area contributed by atoms with Gasteiger partial charge < -0.3 is 9.15 Å². The Balaban J connectivity index is 1.38. The number of hydrogen-bond donors (Lipinski definition) is 0. The third kappa shape index (κ3) is 3.44. The van der Waals surface area contributed by atoms with Gasteiger partial charge in [-0.2, -0.15) is 14.6 Å². The molecule has 1 unspecified atom stereocenters. The van der Waals surface area contributed by atoms with Gasteiger partial charge in [0.25, 0.3) is 5.56 Å². The van der Waals surface area contributed by atoms with E-state index in [4.69, 9.17) is 14.3 Å². The average Bonchev–Trinajstić information content (AvgIpc) is 3.70. The van der Waals surface area contributed by atoms with E-state index in [1.807, 2.05) is 59.4 Å². The predicted octanol–water partition coefficient (Wildman–Crippen LogP) is 4.13. The number of benzene rings is 2. The van der Waals surface area contributed by atoms with E-state index in [-0.39, 0.29) is 11.7 Å². The molecule has 6 aromatic rings. The Morgan fingerprint density at radius 3 is 2.78 bits per heavy atom. The molecule has 1 aliphatic rings. The average molecular weight is 494 g/mol. The van der Waals surface area contributed by atoms with Gasteiger partial charge in [-0.1, -0.05) is 29.5 Å². The summed E-state index contributed by atoms with van der Waals surface area (Å²) in [7, 11) is 0. The van der Waals surface area contributed by atoms with Crippen molar-refractivity contribution in [2.75, 3.05) is 0 Å². The number of thiazole rings is 1. The second kappa shape index (κ2) is 8.03. The maximum absolute atomic E-state index is 13.2. The predicted molar refractivity (Wildman–Crippen MR) is 136 cm³/mol. The maximum atomic E-state index is 13.2. The van der Waals surface area contributed by atoms with Gasteiger partial charge in [0.15, 0.2) is 5.76 Å². The number of rotatable bonds is 4. The van der Waals surface area contributed by atoms with Crippen LogP contribution >= 0.6 is 11.3 Å². The number of aromatic nitrogens is 5. The normalized spacial score (nSPS) is 15.5. The molecule has 0 radical (unpaired) electrons. The number of hydrogen-bond acceptors (Lipinski definition) is 7. The van der Waals surface area contributed by atoms with Crippen LogP contribution in [0.4, 0.5) is 0 Å². The summed E-state index contributed by atoms with van der Waals surface area (Å²) in [6.45, 7) is 2.07. The van der Waals surface area contributed by atoms with Crippen LogP contribution in [0.2, 0.25) is 0 Å². The molecule has 5 heterocycles. The van der Waals surface area contributed by atoms with Crippen LogP contribution in [0, 0.1) is 0 Å². The maximum Gasteiger partial charge on any atom is 0.291 e. The highest BCUT2D eigenvalue weighted by Gasteiger charge is 2.21. The Kier molecular flexibility index (Phi) is 4.65. The largest absolute Gasteiger partial charge is 0.490 e. The van der Waals surface area contributed by atoms with E-state index in [0.717, 1.165) is 40.2 Å². The van der Waals surface area contributed by atoms with E-state index in [9.17, 15) is 4.79 Å². The zero-order valence-corrected chi connectivity index (χ0v) is 20.0. The molecule has 8 nitrogen and oxygen atoms in total. The Bertz CT molecular complexity index is 1830. The van der Waals surface area contributed by atoms with Gasteiger partial charge in [-0.05, 0) is 61.0 Å². The van der Waals surface area contributed by atoms with E-state index in [0.29, 0.717) is 21.1 Å². The van der Waals surface area contributed by atoms with E-state index >= 15 is 0 Å². The van der Waals surface area contributed by atoms with Crippen molar-refractivity contribution < 1.29 is 9.15 Å². The molecule has 1 atom stereocenters. The van der Waals surface area contributed by atoms with E-state index < -0.39 is 0 Å². The van der Waals surface area contributed by atoms with Crippen molar-refractivity contribution in [2.45, 2.75) is 19.4 Å². The minimum absolute atomic E-state index is 0.159. The summed E-state index contributed by atoms with van der Waals surface area (Å²) in [5, 5.41) is 9.26. The zero-order chi connectivity index (χ0) is 24.2. The Labute approximate surface area is 208 Å². The van der Waals surface area contributed by atoms with E-state index in [2.05, 4.69) is 23.1 Å². The standard InChI is InChI=1S/C27H19N5O3S/c1-16-12-18-13-17(9-10-21(18)35-16)24-19(15-31(29-24)20-6-3-2-4-7-20)14-23-26(33)32-27(36-23)28-25(30-32)22-8-5-11-34-22/h2-11,13-16H,12H2,1H3. The molecule has 176 valence electrons. The topological polar surface area (TPSA) is 87.5 Å². The Morgan fingerprint density at radius 1 is 1.08 bits per heavy atom. The number of fused-ring (bicyclic) bond motifs is 2. The molecule has 1 aliphatic heterocycles. The van der Waals surface area contributed by atoms with Gasteiger partial charge in [0, 0.05) is 23.7 Å². The van der Waals surface area contributed by atoms with Gasteiger partial charge in [-0.15, -0.1) is 5.10 Å². The number of para-hydroxylation sites is 1. The monoisotopic (exact) mass is 493 g/mol. The van der Waals surface area contributed by atoms with Crippen LogP contribution in [0.25, 0.3) is 39.6 Å². The third-order valence-electron chi connectivity index (χ3n) is 6.14. The van der Waals surface area contributed by atoms with Crippen molar-refractivity contribution in [1.82, 2.24) is 24.4 Å². The molecule has 9 heteroatoms. The van der Waals surface area contributed by atoms with Crippen LogP contribution in [0.5, 0.6) is 5.75 Å². The van der Waals surface area contributed by atoms with Crippen LogP contribution < -0.4 is 14.8 Å². The first-order chi connectivity index (χ1) is 17.6. The highest BCUT2D eigenvalue weighted by molar-refractivity contribution is 7.15. The van der Waals surface area contributed by atoms with Crippen LogP contribution in [0.1, 0.15) is 18.1 Å². The molecular formula is C27H19N5O3S. The molecule has 0 amide bonds. The van der Waals surface area contributed by atoms with Crippen molar-refractivity contribution in [3.05, 3.63) is 99.1 Å². The molecule has 0 fully saturated rings. The quantitative estimate of drug-likeness (QED) is 0.367. The fourth-order valence-electron chi connectivity index (χ4n) is 4.48. The molecule has 7 rings (SSSR count). The number of ether oxygens (including phenoxy) is 1. The SMILES string of the molecule is CC1Cc2cc(-c3nn(-c4ccccc4)cc3C=c3sc4nc(-c5ccco5)nn4c3=O)ccc2O1. The van der Waals surface area contributed by atoms with Crippen LogP contribution in [0.15, 0.2) is 82.3 Å². The number of nitrogens with zero attached hydrogens (tertiary/aromatic N) is 5.